The monoisotopic (exact) mass is 297 g/mol. The van der Waals surface area contributed by atoms with Crippen molar-refractivity contribution in [3.63, 3.8) is 0 Å². The van der Waals surface area contributed by atoms with Gasteiger partial charge in [0.05, 0.1) is 0 Å². The van der Waals surface area contributed by atoms with Crippen molar-refractivity contribution in [3.05, 3.63) is 35.6 Å². The summed E-state index contributed by atoms with van der Waals surface area (Å²) in [6.45, 7) is 1.22. The van der Waals surface area contributed by atoms with Crippen LogP contribution < -0.4 is 0 Å². The van der Waals surface area contributed by atoms with Gasteiger partial charge < -0.3 is 4.90 Å². The third kappa shape index (κ3) is 3.06. The van der Waals surface area contributed by atoms with E-state index < -0.39 is 5.92 Å². The summed E-state index contributed by atoms with van der Waals surface area (Å²) in [6, 6.07) is 6.32. The van der Waals surface area contributed by atoms with Gasteiger partial charge in [0.25, 0.3) is 0 Å². The van der Waals surface area contributed by atoms with Crippen LogP contribution in [0.5, 0.6) is 0 Å². The first-order chi connectivity index (χ1) is 9.94. The van der Waals surface area contributed by atoms with Crippen molar-refractivity contribution in [2.75, 3.05) is 13.1 Å². The molecule has 0 N–H and O–H groups in total. The SMILES string of the molecule is O=C(C1CCC(F)(F)CC1)N1CC(c2ccc(F)cc2)C1. The number of hydrogen-bond acceptors (Lipinski definition) is 1. The number of alkyl halides is 2. The number of hydrogen-bond donors (Lipinski definition) is 0. The van der Waals surface area contributed by atoms with Crippen LogP contribution >= 0.6 is 0 Å². The zero-order valence-electron chi connectivity index (χ0n) is 11.7. The van der Waals surface area contributed by atoms with E-state index in [0.29, 0.717) is 13.1 Å². The van der Waals surface area contributed by atoms with Gasteiger partial charge in [-0.05, 0) is 30.5 Å². The number of amides is 1. The number of halogens is 3. The fraction of sp³-hybridized carbons (Fsp3) is 0.562. The van der Waals surface area contributed by atoms with Crippen LogP contribution in [0, 0.1) is 11.7 Å². The number of benzene rings is 1. The van der Waals surface area contributed by atoms with Crippen molar-refractivity contribution in [1.29, 1.82) is 0 Å². The molecule has 0 atom stereocenters. The summed E-state index contributed by atoms with van der Waals surface area (Å²) in [5, 5.41) is 0. The number of nitrogens with zero attached hydrogens (tertiary/aromatic N) is 1. The standard InChI is InChI=1S/C16H18F3NO/c17-14-3-1-11(2-4-14)13-9-20(10-13)15(21)12-5-7-16(18,19)8-6-12/h1-4,12-13H,5-10H2. The Morgan fingerprint density at radius 1 is 1.10 bits per heavy atom. The van der Waals surface area contributed by atoms with Crippen molar-refractivity contribution in [1.82, 2.24) is 4.90 Å². The van der Waals surface area contributed by atoms with Gasteiger partial charge in [0.2, 0.25) is 11.8 Å². The average Bonchev–Trinajstić information content (AvgIpc) is 2.39. The van der Waals surface area contributed by atoms with E-state index in [9.17, 15) is 18.0 Å². The summed E-state index contributed by atoms with van der Waals surface area (Å²) >= 11 is 0. The second-order valence-corrected chi connectivity index (χ2v) is 6.12. The first-order valence-corrected chi connectivity index (χ1v) is 7.37. The molecule has 5 heteroatoms. The molecule has 2 fully saturated rings. The summed E-state index contributed by atoms with van der Waals surface area (Å²) in [5.41, 5.74) is 1.02. The summed E-state index contributed by atoms with van der Waals surface area (Å²) in [6.07, 6.45) is 0.199. The highest BCUT2D eigenvalue weighted by atomic mass is 19.3. The van der Waals surface area contributed by atoms with Crippen LogP contribution in [0.3, 0.4) is 0 Å². The smallest absolute Gasteiger partial charge is 0.248 e. The van der Waals surface area contributed by atoms with Gasteiger partial charge in [-0.2, -0.15) is 0 Å². The number of likely N-dealkylation sites (tertiary alicyclic amines) is 1. The molecule has 114 valence electrons. The molecule has 2 aliphatic rings. The number of rotatable bonds is 2. The summed E-state index contributed by atoms with van der Waals surface area (Å²) in [4.78, 5) is 14.0. The molecule has 1 aromatic rings. The van der Waals surface area contributed by atoms with Crippen LogP contribution in [0.4, 0.5) is 13.2 Å². The van der Waals surface area contributed by atoms with E-state index in [1.807, 2.05) is 0 Å². The minimum Gasteiger partial charge on any atom is -0.341 e. The molecule has 1 aliphatic carbocycles. The molecule has 1 aromatic carbocycles. The Hall–Kier alpha value is -1.52. The molecule has 0 aromatic heterocycles. The van der Waals surface area contributed by atoms with Crippen molar-refractivity contribution in [2.45, 2.75) is 37.5 Å². The lowest BCUT2D eigenvalue weighted by Gasteiger charge is -2.42. The molecular weight excluding hydrogens is 279 g/mol. The van der Waals surface area contributed by atoms with Crippen LogP contribution in [-0.2, 0) is 4.79 Å². The summed E-state index contributed by atoms with van der Waals surface area (Å²) < 4.78 is 39.1. The maximum absolute atomic E-state index is 13.1. The molecule has 1 amide bonds. The van der Waals surface area contributed by atoms with Gasteiger partial charge in [-0.25, -0.2) is 13.2 Å². The van der Waals surface area contributed by atoms with E-state index >= 15 is 0 Å². The van der Waals surface area contributed by atoms with E-state index in [1.165, 1.54) is 12.1 Å². The molecule has 1 heterocycles. The van der Waals surface area contributed by atoms with Crippen molar-refractivity contribution >= 4 is 5.91 Å². The van der Waals surface area contributed by atoms with Gasteiger partial charge in [-0.1, -0.05) is 12.1 Å². The predicted octanol–water partition coefficient (Wildman–Crippen LogP) is 3.58. The molecule has 2 nitrogen and oxygen atoms in total. The van der Waals surface area contributed by atoms with E-state index in [4.69, 9.17) is 0 Å². The first-order valence-electron chi connectivity index (χ1n) is 7.37. The number of carbonyl (C=O) groups is 1. The maximum atomic E-state index is 13.1. The first kappa shape index (κ1) is 14.4. The molecule has 0 unspecified atom stereocenters. The van der Waals surface area contributed by atoms with Crippen LogP contribution in [0.25, 0.3) is 0 Å². The van der Waals surface area contributed by atoms with Crippen molar-refractivity contribution in [3.8, 4) is 0 Å². The molecular formula is C16H18F3NO. The topological polar surface area (TPSA) is 20.3 Å². The average molecular weight is 297 g/mol. The Balaban J connectivity index is 1.52. The Labute approximate surface area is 121 Å². The zero-order chi connectivity index (χ0) is 15.0. The highest BCUT2D eigenvalue weighted by Crippen LogP contribution is 2.38. The lowest BCUT2D eigenvalue weighted by atomic mass is 9.83. The van der Waals surface area contributed by atoms with E-state index in [-0.39, 0.29) is 49.2 Å². The zero-order valence-corrected chi connectivity index (χ0v) is 11.7. The maximum Gasteiger partial charge on any atom is 0.248 e. The third-order valence-electron chi connectivity index (χ3n) is 4.60. The highest BCUT2D eigenvalue weighted by Gasteiger charge is 2.41. The van der Waals surface area contributed by atoms with Gasteiger partial charge >= 0.3 is 0 Å². The van der Waals surface area contributed by atoms with Crippen molar-refractivity contribution in [2.24, 2.45) is 5.92 Å². The van der Waals surface area contributed by atoms with Crippen LogP contribution in [0.15, 0.2) is 24.3 Å². The van der Waals surface area contributed by atoms with E-state index in [0.717, 1.165) is 5.56 Å². The molecule has 0 radical (unpaired) electrons. The molecule has 1 aliphatic heterocycles. The summed E-state index contributed by atoms with van der Waals surface area (Å²) in [5.74, 6) is -2.88. The Morgan fingerprint density at radius 2 is 1.67 bits per heavy atom. The van der Waals surface area contributed by atoms with Gasteiger partial charge in [0, 0.05) is 37.8 Å². The Kier molecular flexibility index (Phi) is 3.68. The molecule has 0 spiro atoms. The van der Waals surface area contributed by atoms with Crippen LogP contribution in [0.1, 0.15) is 37.2 Å². The highest BCUT2D eigenvalue weighted by molar-refractivity contribution is 5.80. The molecule has 1 saturated carbocycles. The quantitative estimate of drug-likeness (QED) is 0.817. The minimum absolute atomic E-state index is 0.00358. The molecule has 1 saturated heterocycles. The largest absolute Gasteiger partial charge is 0.341 e. The van der Waals surface area contributed by atoms with Crippen LogP contribution in [-0.4, -0.2) is 29.8 Å². The van der Waals surface area contributed by atoms with E-state index in [2.05, 4.69) is 0 Å². The van der Waals surface area contributed by atoms with E-state index in [1.54, 1.807) is 17.0 Å². The van der Waals surface area contributed by atoms with Crippen molar-refractivity contribution < 1.29 is 18.0 Å². The van der Waals surface area contributed by atoms with Gasteiger partial charge in [0.15, 0.2) is 0 Å². The fourth-order valence-electron chi connectivity index (χ4n) is 3.15. The van der Waals surface area contributed by atoms with Crippen LogP contribution in [0.2, 0.25) is 0 Å². The lowest BCUT2D eigenvalue weighted by molar-refractivity contribution is -0.144. The number of carbonyl (C=O) groups excluding carboxylic acids is 1. The molecule has 0 bridgehead atoms. The summed E-state index contributed by atoms with van der Waals surface area (Å²) in [7, 11) is 0. The van der Waals surface area contributed by atoms with Gasteiger partial charge in [0.1, 0.15) is 5.82 Å². The lowest BCUT2D eigenvalue weighted by Crippen LogP contribution is -2.51. The molecule has 21 heavy (non-hydrogen) atoms. The Bertz CT molecular complexity index is 513. The van der Waals surface area contributed by atoms with Gasteiger partial charge in [-0.15, -0.1) is 0 Å². The Morgan fingerprint density at radius 3 is 2.24 bits per heavy atom. The third-order valence-corrected chi connectivity index (χ3v) is 4.60. The second-order valence-electron chi connectivity index (χ2n) is 6.12. The minimum atomic E-state index is -2.59. The second kappa shape index (κ2) is 5.35. The fourth-order valence-corrected chi connectivity index (χ4v) is 3.15. The van der Waals surface area contributed by atoms with Gasteiger partial charge in [-0.3, -0.25) is 4.79 Å². The predicted molar refractivity (Wildman–Crippen MR) is 72.6 cm³/mol. The normalized spacial score (nSPS) is 22.9. The molecule has 3 rings (SSSR count).